The second-order valence-corrected chi connectivity index (χ2v) is 6.80. The minimum Gasteiger partial charge on any atom is -0.340 e. The summed E-state index contributed by atoms with van der Waals surface area (Å²) in [5.41, 5.74) is 3.37. The number of halogens is 1. The van der Waals surface area contributed by atoms with Gasteiger partial charge in [-0.25, -0.2) is 9.97 Å². The summed E-state index contributed by atoms with van der Waals surface area (Å²) >= 11 is 5.89. The molecule has 0 spiro atoms. The quantitative estimate of drug-likeness (QED) is 0.478. The summed E-state index contributed by atoms with van der Waals surface area (Å²) in [5, 5.41) is 7.53. The smallest absolute Gasteiger partial charge is 0.293 e. The molecule has 2 N–H and O–H groups in total. The summed E-state index contributed by atoms with van der Waals surface area (Å²) in [6, 6.07) is 22.4. The molecule has 1 amide bonds. The van der Waals surface area contributed by atoms with Crippen molar-refractivity contribution >= 4 is 45.6 Å². The van der Waals surface area contributed by atoms with Crippen LogP contribution in [0.1, 0.15) is 16.2 Å². The van der Waals surface area contributed by atoms with Crippen molar-refractivity contribution in [1.29, 1.82) is 0 Å². The average molecular weight is 389 g/mol. The normalized spacial score (nSPS) is 10.6. The first-order valence-corrected chi connectivity index (χ1v) is 9.14. The van der Waals surface area contributed by atoms with E-state index in [0.29, 0.717) is 22.0 Å². The van der Waals surface area contributed by atoms with Gasteiger partial charge >= 0.3 is 0 Å². The third kappa shape index (κ3) is 3.94. The van der Waals surface area contributed by atoms with Crippen molar-refractivity contribution in [2.24, 2.45) is 0 Å². The Morgan fingerprint density at radius 3 is 2.29 bits per heavy atom. The van der Waals surface area contributed by atoms with E-state index in [1.54, 1.807) is 24.3 Å². The molecule has 0 saturated heterocycles. The number of carbonyl (C=O) groups is 1. The van der Waals surface area contributed by atoms with Crippen LogP contribution < -0.4 is 10.6 Å². The third-order valence-corrected chi connectivity index (χ3v) is 4.47. The maximum atomic E-state index is 12.7. The van der Waals surface area contributed by atoms with Gasteiger partial charge in [0.05, 0.1) is 5.52 Å². The zero-order chi connectivity index (χ0) is 19.5. The number of amides is 1. The van der Waals surface area contributed by atoms with Gasteiger partial charge in [0.25, 0.3) is 5.91 Å². The number of benzene rings is 3. The van der Waals surface area contributed by atoms with Crippen molar-refractivity contribution in [3.05, 3.63) is 89.2 Å². The lowest BCUT2D eigenvalue weighted by Gasteiger charge is -2.11. The Bertz CT molecular complexity index is 1140. The maximum Gasteiger partial charge on any atom is 0.293 e. The number of anilines is 3. The van der Waals surface area contributed by atoms with Crippen molar-refractivity contribution in [1.82, 2.24) is 9.97 Å². The molecule has 0 saturated carbocycles. The fourth-order valence-electron chi connectivity index (χ4n) is 2.77. The van der Waals surface area contributed by atoms with Crippen molar-refractivity contribution in [3.63, 3.8) is 0 Å². The van der Waals surface area contributed by atoms with E-state index in [9.17, 15) is 4.79 Å². The molecule has 5 nitrogen and oxygen atoms in total. The molecule has 28 heavy (non-hydrogen) atoms. The number of para-hydroxylation sites is 1. The molecule has 1 aromatic heterocycles. The van der Waals surface area contributed by atoms with E-state index in [1.165, 1.54) is 5.56 Å². The zero-order valence-corrected chi connectivity index (χ0v) is 15.9. The van der Waals surface area contributed by atoms with Gasteiger partial charge in [-0.15, -0.1) is 0 Å². The van der Waals surface area contributed by atoms with E-state index in [0.717, 1.165) is 11.1 Å². The summed E-state index contributed by atoms with van der Waals surface area (Å²) in [4.78, 5) is 21.6. The number of aromatic nitrogens is 2. The number of hydrogen-bond donors (Lipinski definition) is 2. The molecule has 0 unspecified atom stereocenters. The van der Waals surface area contributed by atoms with Crippen LogP contribution in [0.2, 0.25) is 5.02 Å². The van der Waals surface area contributed by atoms with E-state index in [-0.39, 0.29) is 11.7 Å². The minimum absolute atomic E-state index is 0.0864. The first-order valence-electron chi connectivity index (χ1n) is 8.76. The Kier molecular flexibility index (Phi) is 4.91. The first kappa shape index (κ1) is 17.9. The van der Waals surface area contributed by atoms with E-state index in [4.69, 9.17) is 11.6 Å². The van der Waals surface area contributed by atoms with Gasteiger partial charge in [0.2, 0.25) is 5.82 Å². The summed E-state index contributed by atoms with van der Waals surface area (Å²) in [6.07, 6.45) is 0. The highest BCUT2D eigenvalue weighted by atomic mass is 35.5. The molecular weight excluding hydrogens is 372 g/mol. The molecule has 0 aliphatic rings. The Balaban J connectivity index is 1.69. The van der Waals surface area contributed by atoms with Crippen LogP contribution in [0.15, 0.2) is 72.8 Å². The zero-order valence-electron chi connectivity index (χ0n) is 15.1. The van der Waals surface area contributed by atoms with E-state index >= 15 is 0 Å². The summed E-state index contributed by atoms with van der Waals surface area (Å²) in [6.45, 7) is 2.03. The fraction of sp³-hybridized carbons (Fsp3) is 0.0455. The number of hydrogen-bond acceptors (Lipinski definition) is 4. The first-order chi connectivity index (χ1) is 13.6. The van der Waals surface area contributed by atoms with Gasteiger partial charge in [0, 0.05) is 21.8 Å². The molecule has 138 valence electrons. The molecule has 3 aromatic carbocycles. The van der Waals surface area contributed by atoms with Crippen molar-refractivity contribution in [3.8, 4) is 0 Å². The lowest BCUT2D eigenvalue weighted by Crippen LogP contribution is -2.16. The Hall–Kier alpha value is -3.44. The second kappa shape index (κ2) is 7.66. The maximum absolute atomic E-state index is 12.7. The lowest BCUT2D eigenvalue weighted by atomic mass is 10.2. The van der Waals surface area contributed by atoms with Gasteiger partial charge in [-0.3, -0.25) is 4.79 Å². The largest absolute Gasteiger partial charge is 0.340 e. The third-order valence-electron chi connectivity index (χ3n) is 4.22. The highest BCUT2D eigenvalue weighted by Gasteiger charge is 2.14. The van der Waals surface area contributed by atoms with Gasteiger partial charge in [-0.2, -0.15) is 0 Å². The van der Waals surface area contributed by atoms with Gasteiger partial charge < -0.3 is 10.6 Å². The Morgan fingerprint density at radius 1 is 0.857 bits per heavy atom. The summed E-state index contributed by atoms with van der Waals surface area (Å²) in [5.74, 6) is 0.277. The highest BCUT2D eigenvalue weighted by molar-refractivity contribution is 6.30. The Labute approximate surface area is 167 Å². The lowest BCUT2D eigenvalue weighted by molar-refractivity contribution is 0.101. The van der Waals surface area contributed by atoms with Crippen LogP contribution in [0.3, 0.4) is 0 Å². The molecule has 0 atom stereocenters. The molecule has 4 aromatic rings. The number of rotatable bonds is 4. The summed E-state index contributed by atoms with van der Waals surface area (Å²) in [7, 11) is 0. The molecule has 0 fully saturated rings. The van der Waals surface area contributed by atoms with E-state index in [2.05, 4.69) is 20.6 Å². The number of nitrogens with zero attached hydrogens (tertiary/aromatic N) is 2. The summed E-state index contributed by atoms with van der Waals surface area (Å²) < 4.78 is 0. The van der Waals surface area contributed by atoms with E-state index < -0.39 is 0 Å². The van der Waals surface area contributed by atoms with Gasteiger partial charge in [-0.1, -0.05) is 41.4 Å². The van der Waals surface area contributed by atoms with Gasteiger partial charge in [-0.05, 0) is 55.5 Å². The molecule has 6 heteroatoms. The monoisotopic (exact) mass is 388 g/mol. The predicted molar refractivity (Wildman–Crippen MR) is 113 cm³/mol. The molecule has 0 aliphatic carbocycles. The van der Waals surface area contributed by atoms with Gasteiger partial charge in [0.15, 0.2) is 0 Å². The SMILES string of the molecule is Cc1ccc(Nc2nc(C(=O)Nc3ccc(Cl)cc3)nc3ccccc23)cc1. The number of fused-ring (bicyclic) bond motifs is 1. The molecule has 1 heterocycles. The van der Waals surface area contributed by atoms with Crippen molar-refractivity contribution in [2.45, 2.75) is 6.92 Å². The van der Waals surface area contributed by atoms with Crippen molar-refractivity contribution in [2.75, 3.05) is 10.6 Å². The average Bonchev–Trinajstić information content (AvgIpc) is 2.71. The minimum atomic E-state index is -0.389. The van der Waals surface area contributed by atoms with Crippen LogP contribution >= 0.6 is 11.6 Å². The predicted octanol–water partition coefficient (Wildman–Crippen LogP) is 5.59. The van der Waals surface area contributed by atoms with Crippen LogP contribution in [0.4, 0.5) is 17.2 Å². The van der Waals surface area contributed by atoms with Crippen LogP contribution in [-0.2, 0) is 0 Å². The van der Waals surface area contributed by atoms with Crippen LogP contribution in [0.5, 0.6) is 0 Å². The Morgan fingerprint density at radius 2 is 1.54 bits per heavy atom. The molecule has 0 aliphatic heterocycles. The topological polar surface area (TPSA) is 66.9 Å². The highest BCUT2D eigenvalue weighted by Crippen LogP contribution is 2.24. The van der Waals surface area contributed by atoms with E-state index in [1.807, 2.05) is 55.5 Å². The number of nitrogens with one attached hydrogen (secondary N) is 2. The number of aryl methyl sites for hydroxylation is 1. The molecule has 4 rings (SSSR count). The van der Waals surface area contributed by atoms with Crippen LogP contribution in [0, 0.1) is 6.92 Å². The van der Waals surface area contributed by atoms with Crippen molar-refractivity contribution < 1.29 is 4.79 Å². The van der Waals surface area contributed by atoms with Crippen LogP contribution in [0.25, 0.3) is 10.9 Å². The fourth-order valence-corrected chi connectivity index (χ4v) is 2.89. The van der Waals surface area contributed by atoms with Gasteiger partial charge in [0.1, 0.15) is 5.82 Å². The van der Waals surface area contributed by atoms with Crippen LogP contribution in [-0.4, -0.2) is 15.9 Å². The standard InChI is InChI=1S/C22H17ClN4O/c1-14-6-10-16(11-7-14)24-20-18-4-2-3-5-19(18)26-21(27-20)22(28)25-17-12-8-15(23)9-13-17/h2-13H,1H3,(H,25,28)(H,24,26,27). The molecule has 0 bridgehead atoms. The number of carbonyl (C=O) groups excluding carboxylic acids is 1. The second-order valence-electron chi connectivity index (χ2n) is 6.37. The molecular formula is C22H17ClN4O. The molecule has 0 radical (unpaired) electrons.